The fourth-order valence-corrected chi connectivity index (χ4v) is 2.73. The molecule has 114 valence electrons. The van der Waals surface area contributed by atoms with Crippen molar-refractivity contribution in [3.8, 4) is 0 Å². The fraction of sp³-hybridized carbons (Fsp3) is 0.500. The van der Waals surface area contributed by atoms with Crippen LogP contribution in [0, 0.1) is 5.92 Å². The molecule has 0 aliphatic heterocycles. The van der Waals surface area contributed by atoms with Crippen LogP contribution in [0.4, 0.5) is 5.69 Å². The number of aliphatic carboxylic acids is 1. The van der Waals surface area contributed by atoms with Crippen molar-refractivity contribution in [2.24, 2.45) is 5.92 Å². The molecule has 1 aliphatic carbocycles. The SMILES string of the molecule is O=C(CCNC1CCCC(C(=O)O)C1)Nc1ccccc1. The third-order valence-electron chi connectivity index (χ3n) is 3.87. The first-order valence-corrected chi connectivity index (χ1v) is 7.46. The maximum atomic E-state index is 11.8. The van der Waals surface area contributed by atoms with Crippen LogP contribution in [0.15, 0.2) is 30.3 Å². The largest absolute Gasteiger partial charge is 0.481 e. The number of nitrogens with one attached hydrogen (secondary N) is 2. The van der Waals surface area contributed by atoms with Crippen LogP contribution in [-0.2, 0) is 9.59 Å². The molecule has 1 aromatic rings. The van der Waals surface area contributed by atoms with Crippen molar-refractivity contribution in [1.29, 1.82) is 0 Å². The van der Waals surface area contributed by atoms with Crippen LogP contribution in [0.1, 0.15) is 32.1 Å². The number of carbonyl (C=O) groups excluding carboxylic acids is 1. The maximum absolute atomic E-state index is 11.8. The Bertz CT molecular complexity index is 476. The van der Waals surface area contributed by atoms with Crippen LogP contribution in [0.25, 0.3) is 0 Å². The summed E-state index contributed by atoms with van der Waals surface area (Å²) < 4.78 is 0. The molecule has 0 spiro atoms. The first-order valence-electron chi connectivity index (χ1n) is 7.46. The van der Waals surface area contributed by atoms with Crippen molar-refractivity contribution in [1.82, 2.24) is 5.32 Å². The molecule has 2 atom stereocenters. The predicted octanol–water partition coefficient (Wildman–Crippen LogP) is 2.25. The molecule has 0 heterocycles. The number of benzene rings is 1. The Balaban J connectivity index is 1.67. The van der Waals surface area contributed by atoms with Gasteiger partial charge in [-0.1, -0.05) is 24.6 Å². The van der Waals surface area contributed by atoms with E-state index in [0.717, 1.165) is 24.9 Å². The first-order chi connectivity index (χ1) is 10.1. The summed E-state index contributed by atoms with van der Waals surface area (Å²) in [4.78, 5) is 22.8. The van der Waals surface area contributed by atoms with Crippen molar-refractivity contribution in [2.45, 2.75) is 38.1 Å². The third kappa shape index (κ3) is 5.19. The van der Waals surface area contributed by atoms with Gasteiger partial charge in [0.2, 0.25) is 5.91 Å². The molecule has 1 amide bonds. The average molecular weight is 290 g/mol. The monoisotopic (exact) mass is 290 g/mol. The number of carboxylic acid groups (broad SMARTS) is 1. The van der Waals surface area contributed by atoms with E-state index in [1.165, 1.54) is 0 Å². The van der Waals surface area contributed by atoms with E-state index < -0.39 is 5.97 Å². The lowest BCUT2D eigenvalue weighted by Gasteiger charge is -2.27. The van der Waals surface area contributed by atoms with Gasteiger partial charge in [0.15, 0.2) is 0 Å². The summed E-state index contributed by atoms with van der Waals surface area (Å²) in [5.41, 5.74) is 0.797. The average Bonchev–Trinajstić information content (AvgIpc) is 2.48. The molecule has 21 heavy (non-hydrogen) atoms. The zero-order chi connectivity index (χ0) is 15.1. The second kappa shape index (κ2) is 7.78. The molecule has 5 nitrogen and oxygen atoms in total. The molecule has 1 fully saturated rings. The molecule has 0 aromatic heterocycles. The van der Waals surface area contributed by atoms with Gasteiger partial charge in [0.05, 0.1) is 5.92 Å². The van der Waals surface area contributed by atoms with Crippen molar-refractivity contribution in [3.63, 3.8) is 0 Å². The van der Waals surface area contributed by atoms with Crippen molar-refractivity contribution in [3.05, 3.63) is 30.3 Å². The minimum absolute atomic E-state index is 0.0284. The van der Waals surface area contributed by atoms with E-state index in [1.54, 1.807) is 0 Å². The lowest BCUT2D eigenvalue weighted by atomic mass is 9.86. The van der Waals surface area contributed by atoms with Gasteiger partial charge in [-0.3, -0.25) is 9.59 Å². The summed E-state index contributed by atoms with van der Waals surface area (Å²) in [7, 11) is 0. The van der Waals surface area contributed by atoms with Gasteiger partial charge in [-0.15, -0.1) is 0 Å². The van der Waals surface area contributed by atoms with Gasteiger partial charge in [-0.25, -0.2) is 0 Å². The van der Waals surface area contributed by atoms with Crippen molar-refractivity contribution < 1.29 is 14.7 Å². The lowest BCUT2D eigenvalue weighted by molar-refractivity contribution is -0.143. The number of carboxylic acids is 1. The molecule has 5 heteroatoms. The number of rotatable bonds is 6. The van der Waals surface area contributed by atoms with E-state index in [-0.39, 0.29) is 17.9 Å². The number of anilines is 1. The summed E-state index contributed by atoms with van der Waals surface area (Å²) in [5, 5.41) is 15.2. The molecule has 2 rings (SSSR count). The van der Waals surface area contributed by atoms with E-state index in [2.05, 4.69) is 10.6 Å². The van der Waals surface area contributed by atoms with Gasteiger partial charge in [0.1, 0.15) is 0 Å². The highest BCUT2D eigenvalue weighted by molar-refractivity contribution is 5.90. The van der Waals surface area contributed by atoms with Gasteiger partial charge in [0.25, 0.3) is 0 Å². The topological polar surface area (TPSA) is 78.4 Å². The van der Waals surface area contributed by atoms with Gasteiger partial charge in [0, 0.05) is 24.7 Å². The molecule has 1 saturated carbocycles. The summed E-state index contributed by atoms with van der Waals surface area (Å²) in [6.45, 7) is 0.579. The molecule has 3 N–H and O–H groups in total. The second-order valence-corrected chi connectivity index (χ2v) is 5.52. The molecular weight excluding hydrogens is 268 g/mol. The molecule has 0 radical (unpaired) electrons. The highest BCUT2D eigenvalue weighted by atomic mass is 16.4. The van der Waals surface area contributed by atoms with Crippen LogP contribution in [0.2, 0.25) is 0 Å². The van der Waals surface area contributed by atoms with E-state index in [1.807, 2.05) is 30.3 Å². The van der Waals surface area contributed by atoms with Gasteiger partial charge >= 0.3 is 5.97 Å². The highest BCUT2D eigenvalue weighted by Gasteiger charge is 2.26. The fourth-order valence-electron chi connectivity index (χ4n) is 2.73. The van der Waals surface area contributed by atoms with Crippen LogP contribution < -0.4 is 10.6 Å². The maximum Gasteiger partial charge on any atom is 0.306 e. The smallest absolute Gasteiger partial charge is 0.306 e. The van der Waals surface area contributed by atoms with Crippen LogP contribution in [-0.4, -0.2) is 29.6 Å². The van der Waals surface area contributed by atoms with Crippen molar-refractivity contribution >= 4 is 17.6 Å². The molecule has 0 saturated heterocycles. The minimum Gasteiger partial charge on any atom is -0.481 e. The second-order valence-electron chi connectivity index (χ2n) is 5.52. The van der Waals surface area contributed by atoms with Crippen molar-refractivity contribution in [2.75, 3.05) is 11.9 Å². The molecule has 2 unspecified atom stereocenters. The summed E-state index contributed by atoms with van der Waals surface area (Å²) in [6, 6.07) is 9.57. The predicted molar refractivity (Wildman–Crippen MR) is 81.1 cm³/mol. The Morgan fingerprint density at radius 1 is 1.19 bits per heavy atom. The van der Waals surface area contributed by atoms with E-state index in [4.69, 9.17) is 5.11 Å². The standard InChI is InChI=1S/C16H22N2O3/c19-15(18-13-6-2-1-3-7-13)9-10-17-14-8-4-5-12(11-14)16(20)21/h1-3,6-7,12,14,17H,4-5,8-11H2,(H,18,19)(H,20,21). The lowest BCUT2D eigenvalue weighted by Crippen LogP contribution is -2.37. The summed E-state index contributed by atoms with van der Waals surface area (Å²) >= 11 is 0. The normalized spacial score (nSPS) is 21.7. The summed E-state index contributed by atoms with van der Waals surface area (Å²) in [6.07, 6.45) is 3.75. The molecular formula is C16H22N2O3. The summed E-state index contributed by atoms with van der Waals surface area (Å²) in [5.74, 6) is -0.975. The Morgan fingerprint density at radius 2 is 1.95 bits per heavy atom. The Labute approximate surface area is 124 Å². The van der Waals surface area contributed by atoms with E-state index >= 15 is 0 Å². The zero-order valence-electron chi connectivity index (χ0n) is 12.0. The van der Waals surface area contributed by atoms with Crippen LogP contribution in [0.5, 0.6) is 0 Å². The Hall–Kier alpha value is -1.88. The van der Waals surface area contributed by atoms with E-state index in [0.29, 0.717) is 19.4 Å². The number of para-hydroxylation sites is 1. The highest BCUT2D eigenvalue weighted by Crippen LogP contribution is 2.24. The van der Waals surface area contributed by atoms with Crippen LogP contribution >= 0.6 is 0 Å². The van der Waals surface area contributed by atoms with Gasteiger partial charge in [-0.2, -0.15) is 0 Å². The van der Waals surface area contributed by atoms with E-state index in [9.17, 15) is 9.59 Å². The zero-order valence-corrected chi connectivity index (χ0v) is 12.0. The number of hydrogen-bond donors (Lipinski definition) is 3. The molecule has 1 aliphatic rings. The van der Waals surface area contributed by atoms with Crippen LogP contribution in [0.3, 0.4) is 0 Å². The molecule has 1 aromatic carbocycles. The first kappa shape index (κ1) is 15.5. The third-order valence-corrected chi connectivity index (χ3v) is 3.87. The van der Waals surface area contributed by atoms with Gasteiger partial charge in [-0.05, 0) is 31.4 Å². The van der Waals surface area contributed by atoms with Gasteiger partial charge < -0.3 is 15.7 Å². The number of carbonyl (C=O) groups is 2. The number of amides is 1. The number of hydrogen-bond acceptors (Lipinski definition) is 3. The quantitative estimate of drug-likeness (QED) is 0.751. The minimum atomic E-state index is -0.705. The Morgan fingerprint density at radius 3 is 2.67 bits per heavy atom. The molecule has 0 bridgehead atoms. The Kier molecular flexibility index (Phi) is 5.75.